The summed E-state index contributed by atoms with van der Waals surface area (Å²) in [4.78, 5) is 4.61. The Balaban J connectivity index is 1.50. The zero-order valence-electron chi connectivity index (χ0n) is 14.2. The largest absolute Gasteiger partial charge is 0.489 e. The normalized spacial score (nSPS) is 17.3. The van der Waals surface area contributed by atoms with E-state index in [9.17, 15) is 0 Å². The molecule has 134 valence electrons. The Bertz CT molecular complexity index is 666. The fourth-order valence-electron chi connectivity index (χ4n) is 3.15. The zero-order valence-corrected chi connectivity index (χ0v) is 15.7. The van der Waals surface area contributed by atoms with E-state index in [1.165, 1.54) is 6.42 Å². The summed E-state index contributed by atoms with van der Waals surface area (Å²) in [6.07, 6.45) is 4.05. The van der Waals surface area contributed by atoms with E-state index < -0.39 is 0 Å². The molecule has 0 radical (unpaired) electrons. The van der Waals surface area contributed by atoms with Crippen LogP contribution in [0.1, 0.15) is 12.8 Å². The van der Waals surface area contributed by atoms with Crippen LogP contribution in [-0.2, 0) is 0 Å². The summed E-state index contributed by atoms with van der Waals surface area (Å²) in [5.41, 5.74) is 0. The molecule has 0 N–H and O–H groups in total. The molecule has 2 heterocycles. The SMILES string of the molecule is CN(CCOc1c(Cl)cccc1Cl)CC1CCCN1c1cccnn1. The standard InChI is InChI=1S/C18H22Cl2N4O/c1-23(11-12-25-18-15(19)6-2-7-16(18)20)13-14-5-4-10-24(14)17-8-3-9-21-22-17/h2-3,6-9,14H,4-5,10-13H2,1H3. The van der Waals surface area contributed by atoms with Crippen molar-refractivity contribution in [2.24, 2.45) is 0 Å². The fraction of sp³-hybridized carbons (Fsp3) is 0.444. The van der Waals surface area contributed by atoms with Gasteiger partial charge in [-0.1, -0.05) is 29.3 Å². The number of halogens is 2. The van der Waals surface area contributed by atoms with E-state index in [0.717, 1.165) is 31.9 Å². The van der Waals surface area contributed by atoms with Gasteiger partial charge >= 0.3 is 0 Å². The highest BCUT2D eigenvalue weighted by Crippen LogP contribution is 2.32. The van der Waals surface area contributed by atoms with Crippen LogP contribution in [0.3, 0.4) is 0 Å². The minimum atomic E-state index is 0.450. The van der Waals surface area contributed by atoms with Crippen LogP contribution in [0.15, 0.2) is 36.5 Å². The maximum atomic E-state index is 6.13. The smallest absolute Gasteiger partial charge is 0.156 e. The van der Waals surface area contributed by atoms with Gasteiger partial charge in [0.1, 0.15) is 6.61 Å². The first-order valence-corrected chi connectivity index (χ1v) is 9.20. The molecule has 0 bridgehead atoms. The minimum absolute atomic E-state index is 0.450. The first-order valence-electron chi connectivity index (χ1n) is 8.45. The van der Waals surface area contributed by atoms with Gasteiger partial charge in [0.15, 0.2) is 11.6 Å². The number of ether oxygens (including phenoxy) is 1. The highest BCUT2D eigenvalue weighted by Gasteiger charge is 2.26. The number of rotatable bonds is 7. The van der Waals surface area contributed by atoms with Gasteiger partial charge in [-0.2, -0.15) is 5.10 Å². The molecule has 1 unspecified atom stereocenters. The number of nitrogens with zero attached hydrogens (tertiary/aromatic N) is 4. The lowest BCUT2D eigenvalue weighted by Gasteiger charge is -2.29. The predicted octanol–water partition coefficient (Wildman–Crippen LogP) is 3.76. The highest BCUT2D eigenvalue weighted by molar-refractivity contribution is 6.37. The lowest BCUT2D eigenvalue weighted by Crippen LogP contribution is -2.40. The van der Waals surface area contributed by atoms with Crippen LogP contribution >= 0.6 is 23.2 Å². The van der Waals surface area contributed by atoms with E-state index in [-0.39, 0.29) is 0 Å². The van der Waals surface area contributed by atoms with E-state index in [0.29, 0.717) is 28.4 Å². The van der Waals surface area contributed by atoms with Gasteiger partial charge in [0.2, 0.25) is 0 Å². The second kappa shape index (κ2) is 8.70. The summed E-state index contributed by atoms with van der Waals surface area (Å²) >= 11 is 12.3. The minimum Gasteiger partial charge on any atom is -0.489 e. The van der Waals surface area contributed by atoms with Crippen LogP contribution in [0.25, 0.3) is 0 Å². The first-order chi connectivity index (χ1) is 12.1. The van der Waals surface area contributed by atoms with Crippen LogP contribution < -0.4 is 9.64 Å². The third-order valence-corrected chi connectivity index (χ3v) is 4.99. The molecule has 7 heteroatoms. The number of hydrogen-bond donors (Lipinski definition) is 0. The Kier molecular flexibility index (Phi) is 6.34. The average Bonchev–Trinajstić information content (AvgIpc) is 3.06. The molecular formula is C18H22Cl2N4O. The maximum Gasteiger partial charge on any atom is 0.156 e. The molecule has 1 aliphatic heterocycles. The molecule has 25 heavy (non-hydrogen) atoms. The van der Waals surface area contributed by atoms with Gasteiger partial charge in [-0.25, -0.2) is 0 Å². The summed E-state index contributed by atoms with van der Waals surface area (Å²) in [5.74, 6) is 1.51. The van der Waals surface area contributed by atoms with Crippen molar-refractivity contribution in [1.29, 1.82) is 0 Å². The van der Waals surface area contributed by atoms with Crippen molar-refractivity contribution in [3.63, 3.8) is 0 Å². The lowest BCUT2D eigenvalue weighted by atomic mass is 10.2. The van der Waals surface area contributed by atoms with Crippen molar-refractivity contribution in [2.75, 3.05) is 38.2 Å². The van der Waals surface area contributed by atoms with Crippen molar-refractivity contribution in [1.82, 2.24) is 15.1 Å². The summed E-state index contributed by atoms with van der Waals surface area (Å²) in [7, 11) is 2.10. The Morgan fingerprint density at radius 3 is 2.76 bits per heavy atom. The molecule has 1 aromatic heterocycles. The number of aromatic nitrogens is 2. The average molecular weight is 381 g/mol. The van der Waals surface area contributed by atoms with E-state index >= 15 is 0 Å². The molecule has 5 nitrogen and oxygen atoms in total. The topological polar surface area (TPSA) is 41.5 Å². The number of benzene rings is 1. The highest BCUT2D eigenvalue weighted by atomic mass is 35.5. The summed E-state index contributed by atoms with van der Waals surface area (Å²) in [6.45, 7) is 3.32. The van der Waals surface area contributed by atoms with Crippen LogP contribution in [0.5, 0.6) is 5.75 Å². The maximum absolute atomic E-state index is 6.13. The number of para-hydroxylation sites is 1. The van der Waals surface area contributed by atoms with Gasteiger partial charge in [0.05, 0.1) is 10.0 Å². The van der Waals surface area contributed by atoms with Crippen molar-refractivity contribution >= 4 is 29.0 Å². The second-order valence-electron chi connectivity index (χ2n) is 6.23. The summed E-state index contributed by atoms with van der Waals surface area (Å²) in [5, 5.41) is 9.32. The predicted molar refractivity (Wildman–Crippen MR) is 102 cm³/mol. The third kappa shape index (κ3) is 4.75. The molecule has 0 aliphatic carbocycles. The van der Waals surface area contributed by atoms with Crippen molar-refractivity contribution in [3.8, 4) is 5.75 Å². The van der Waals surface area contributed by atoms with Crippen LogP contribution in [0.2, 0.25) is 10.0 Å². The Morgan fingerprint density at radius 2 is 2.04 bits per heavy atom. The van der Waals surface area contributed by atoms with E-state index in [2.05, 4.69) is 27.0 Å². The van der Waals surface area contributed by atoms with Gasteiger partial charge in [-0.05, 0) is 44.2 Å². The van der Waals surface area contributed by atoms with Gasteiger partial charge in [0.25, 0.3) is 0 Å². The Labute approximate surface area is 158 Å². The zero-order chi connectivity index (χ0) is 17.6. The summed E-state index contributed by atoms with van der Waals surface area (Å²) in [6, 6.07) is 9.78. The summed E-state index contributed by atoms with van der Waals surface area (Å²) < 4.78 is 5.77. The van der Waals surface area contributed by atoms with Gasteiger partial charge in [-0.15, -0.1) is 5.10 Å². The van der Waals surface area contributed by atoms with Crippen molar-refractivity contribution in [3.05, 3.63) is 46.6 Å². The van der Waals surface area contributed by atoms with Crippen LogP contribution in [0, 0.1) is 0 Å². The van der Waals surface area contributed by atoms with Gasteiger partial charge < -0.3 is 14.5 Å². The van der Waals surface area contributed by atoms with Crippen LogP contribution in [0.4, 0.5) is 5.82 Å². The van der Waals surface area contributed by atoms with Gasteiger partial charge in [0, 0.05) is 31.9 Å². The third-order valence-electron chi connectivity index (χ3n) is 4.39. The molecule has 0 saturated carbocycles. The molecule has 1 saturated heterocycles. The second-order valence-corrected chi connectivity index (χ2v) is 7.05. The van der Waals surface area contributed by atoms with Gasteiger partial charge in [-0.3, -0.25) is 0 Å². The molecule has 0 amide bonds. The number of anilines is 1. The molecule has 2 aromatic rings. The van der Waals surface area contributed by atoms with E-state index in [4.69, 9.17) is 27.9 Å². The Morgan fingerprint density at radius 1 is 1.24 bits per heavy atom. The monoisotopic (exact) mass is 380 g/mol. The molecule has 1 fully saturated rings. The lowest BCUT2D eigenvalue weighted by molar-refractivity contribution is 0.229. The van der Waals surface area contributed by atoms with Crippen molar-refractivity contribution < 1.29 is 4.74 Å². The fourth-order valence-corrected chi connectivity index (χ4v) is 3.66. The van der Waals surface area contributed by atoms with E-state index in [1.54, 1.807) is 18.3 Å². The number of likely N-dealkylation sites (N-methyl/N-ethyl adjacent to an activating group) is 1. The molecule has 3 rings (SSSR count). The molecule has 1 aromatic carbocycles. The van der Waals surface area contributed by atoms with E-state index in [1.807, 2.05) is 18.2 Å². The first kappa shape index (κ1) is 18.2. The Hall–Kier alpha value is -1.56. The molecule has 1 atom stereocenters. The molecular weight excluding hydrogens is 359 g/mol. The number of hydrogen-bond acceptors (Lipinski definition) is 5. The van der Waals surface area contributed by atoms with Crippen molar-refractivity contribution in [2.45, 2.75) is 18.9 Å². The quantitative estimate of drug-likeness (QED) is 0.731. The molecule has 0 spiro atoms. The van der Waals surface area contributed by atoms with Crippen LogP contribution in [-0.4, -0.2) is 54.4 Å². The molecule has 1 aliphatic rings.